The monoisotopic (exact) mass is 687 g/mol. The van der Waals surface area contributed by atoms with Gasteiger partial charge in [0.05, 0.1) is 31.3 Å². The van der Waals surface area contributed by atoms with Gasteiger partial charge < -0.3 is 15.7 Å². The third-order valence-corrected chi connectivity index (χ3v) is 7.67. The van der Waals surface area contributed by atoms with Gasteiger partial charge in [-0.2, -0.15) is 4.72 Å². The zero-order valence-corrected chi connectivity index (χ0v) is 26.1. The Kier molecular flexibility index (Phi) is 13.0. The Morgan fingerprint density at radius 2 is 1.50 bits per heavy atom. The number of nitrogens with one attached hydrogen (secondary N) is 3. The minimum absolute atomic E-state index is 0.00170. The van der Waals surface area contributed by atoms with Crippen LogP contribution in [0, 0.1) is 6.92 Å². The van der Waals surface area contributed by atoms with Crippen molar-refractivity contribution < 1.29 is 27.3 Å². The SMILES string of the molecule is CCC(NS(=O)(=O)c1ccc(C)cc1)C(=O)Nc1cc(O)c(NC(=O)c2ccc(Cl)c(Cl)c2)cc1Cl.O=S(Cl)Cl. The van der Waals surface area contributed by atoms with E-state index in [1.165, 1.54) is 36.4 Å². The first-order chi connectivity index (χ1) is 18.6. The van der Waals surface area contributed by atoms with Crippen LogP contribution in [0.5, 0.6) is 5.75 Å². The number of phenolic OH excluding ortho intramolecular Hbond substituents is 1. The lowest BCUT2D eigenvalue weighted by Gasteiger charge is -2.18. The maximum absolute atomic E-state index is 12.8. The van der Waals surface area contributed by atoms with Crippen LogP contribution in [0.2, 0.25) is 15.1 Å². The maximum atomic E-state index is 12.8. The van der Waals surface area contributed by atoms with Gasteiger partial charge in [-0.3, -0.25) is 9.59 Å². The number of carbonyl (C=O) groups is 2. The van der Waals surface area contributed by atoms with Crippen molar-refractivity contribution in [2.45, 2.75) is 31.2 Å². The van der Waals surface area contributed by atoms with Crippen molar-refractivity contribution in [3.05, 3.63) is 80.8 Å². The summed E-state index contributed by atoms with van der Waals surface area (Å²) < 4.78 is 36.8. The van der Waals surface area contributed by atoms with Gasteiger partial charge in [0.15, 0.2) is 0 Å². The molecule has 2 amide bonds. The van der Waals surface area contributed by atoms with E-state index in [2.05, 4.69) is 36.7 Å². The molecular formula is C24H22Cl5N3O6S2. The Balaban J connectivity index is 0.00000131. The van der Waals surface area contributed by atoms with E-state index in [1.54, 1.807) is 19.1 Å². The molecule has 40 heavy (non-hydrogen) atoms. The van der Waals surface area contributed by atoms with Crippen molar-refractivity contribution in [1.29, 1.82) is 0 Å². The third-order valence-electron chi connectivity index (χ3n) is 5.13. The summed E-state index contributed by atoms with van der Waals surface area (Å²) in [6, 6.07) is 11.8. The number of benzene rings is 3. The average Bonchev–Trinajstić information content (AvgIpc) is 2.87. The number of anilines is 2. The molecule has 4 N–H and O–H groups in total. The van der Waals surface area contributed by atoms with E-state index in [0.29, 0.717) is 0 Å². The molecule has 9 nitrogen and oxygen atoms in total. The molecule has 3 aromatic rings. The maximum Gasteiger partial charge on any atom is 0.255 e. The van der Waals surface area contributed by atoms with E-state index >= 15 is 0 Å². The van der Waals surface area contributed by atoms with Gasteiger partial charge >= 0.3 is 0 Å². The second-order valence-corrected chi connectivity index (χ2v) is 13.5. The second-order valence-electron chi connectivity index (χ2n) is 8.00. The summed E-state index contributed by atoms with van der Waals surface area (Å²) in [6.07, 6.45) is 0.151. The van der Waals surface area contributed by atoms with E-state index in [1.807, 2.05) is 6.92 Å². The Morgan fingerprint density at radius 1 is 0.900 bits per heavy atom. The number of aromatic hydroxyl groups is 1. The first kappa shape index (κ1) is 34.1. The molecule has 0 spiro atoms. The normalized spacial score (nSPS) is 11.8. The highest BCUT2D eigenvalue weighted by Crippen LogP contribution is 2.34. The molecule has 16 heteroatoms. The predicted molar refractivity (Wildman–Crippen MR) is 162 cm³/mol. The van der Waals surface area contributed by atoms with E-state index in [9.17, 15) is 23.1 Å². The molecule has 0 saturated heterocycles. The number of carbonyl (C=O) groups excluding carboxylic acids is 2. The standard InChI is InChI=1S/C24H22Cl3N3O5S.Cl2OS/c1-3-19(30-36(34,35)15-7-4-13(2)5-8-15)24(33)28-20-12-22(31)21(11-18(20)27)29-23(32)14-6-9-16(25)17(26)10-14;1-4(2)3/h4-12,19,30-31H,3H2,1-2H3,(H,28,33)(H,29,32);. The Labute approximate surface area is 257 Å². The molecule has 216 valence electrons. The fourth-order valence-corrected chi connectivity index (χ4v) is 4.89. The molecule has 1 atom stereocenters. The first-order valence-corrected chi connectivity index (χ1v) is 16.5. The fraction of sp³-hybridized carbons (Fsp3) is 0.167. The summed E-state index contributed by atoms with van der Waals surface area (Å²) in [5.41, 5.74) is 1.11. The lowest BCUT2D eigenvalue weighted by atomic mass is 10.2. The van der Waals surface area contributed by atoms with Crippen LogP contribution in [-0.4, -0.2) is 35.6 Å². The van der Waals surface area contributed by atoms with Crippen LogP contribution in [0.3, 0.4) is 0 Å². The van der Waals surface area contributed by atoms with Gasteiger partial charge in [-0.15, -0.1) is 0 Å². The molecule has 0 fully saturated rings. The quantitative estimate of drug-likeness (QED) is 0.154. The van der Waals surface area contributed by atoms with Crippen molar-refractivity contribution in [2.75, 3.05) is 10.6 Å². The van der Waals surface area contributed by atoms with Crippen LogP contribution in [-0.2, 0) is 24.0 Å². The lowest BCUT2D eigenvalue weighted by Crippen LogP contribution is -2.43. The van der Waals surface area contributed by atoms with Crippen LogP contribution in [0.1, 0.15) is 29.3 Å². The van der Waals surface area contributed by atoms with Gasteiger partial charge in [0.1, 0.15) is 11.8 Å². The summed E-state index contributed by atoms with van der Waals surface area (Å²) in [5, 5.41) is 15.9. The van der Waals surface area contributed by atoms with E-state index in [4.69, 9.17) is 39.0 Å². The molecule has 0 heterocycles. The van der Waals surface area contributed by atoms with Crippen molar-refractivity contribution in [2.24, 2.45) is 0 Å². The smallest absolute Gasteiger partial charge is 0.255 e. The highest BCUT2D eigenvalue weighted by Gasteiger charge is 2.25. The van der Waals surface area contributed by atoms with Gasteiger partial charge in [-0.25, -0.2) is 12.6 Å². The largest absolute Gasteiger partial charge is 0.506 e. The first-order valence-electron chi connectivity index (χ1n) is 11.1. The third kappa shape index (κ3) is 10.1. The van der Waals surface area contributed by atoms with Crippen LogP contribution < -0.4 is 15.4 Å². The molecule has 0 aliphatic heterocycles. The predicted octanol–water partition coefficient (Wildman–Crippen LogP) is 6.65. The number of phenols is 1. The molecule has 0 aromatic heterocycles. The highest BCUT2D eigenvalue weighted by molar-refractivity contribution is 8.26. The lowest BCUT2D eigenvalue weighted by molar-refractivity contribution is -0.117. The topological polar surface area (TPSA) is 142 Å². The number of sulfonamides is 1. The van der Waals surface area contributed by atoms with E-state index < -0.39 is 37.1 Å². The minimum atomic E-state index is -3.95. The summed E-state index contributed by atoms with van der Waals surface area (Å²) >= 11 is 18.1. The number of halogens is 5. The molecule has 0 bridgehead atoms. The zero-order chi connectivity index (χ0) is 30.2. The molecule has 0 radical (unpaired) electrons. The molecule has 3 rings (SSSR count). The minimum Gasteiger partial charge on any atom is -0.506 e. The van der Waals surface area contributed by atoms with E-state index in [0.717, 1.165) is 11.6 Å². The summed E-state index contributed by atoms with van der Waals surface area (Å²) in [4.78, 5) is 25.3. The number of hydrogen-bond acceptors (Lipinski definition) is 6. The van der Waals surface area contributed by atoms with Crippen LogP contribution in [0.4, 0.5) is 11.4 Å². The fourth-order valence-electron chi connectivity index (χ4n) is 3.10. The Morgan fingerprint density at radius 3 is 2.05 bits per heavy atom. The van der Waals surface area contributed by atoms with Gasteiger partial charge in [0.25, 0.3) is 5.91 Å². The van der Waals surface area contributed by atoms with Gasteiger partial charge in [0.2, 0.25) is 25.2 Å². The molecule has 3 aromatic carbocycles. The summed E-state index contributed by atoms with van der Waals surface area (Å²) in [6.45, 7) is 3.47. The number of hydrogen-bond donors (Lipinski definition) is 4. The molecule has 0 aliphatic rings. The number of rotatable bonds is 8. The van der Waals surface area contributed by atoms with Crippen LogP contribution in [0.15, 0.2) is 59.5 Å². The highest BCUT2D eigenvalue weighted by atomic mass is 36.0. The van der Waals surface area contributed by atoms with Crippen LogP contribution >= 0.6 is 56.2 Å². The molecular weight excluding hydrogens is 668 g/mol. The van der Waals surface area contributed by atoms with Crippen molar-refractivity contribution in [3.63, 3.8) is 0 Å². The van der Waals surface area contributed by atoms with Gasteiger partial charge in [-0.1, -0.05) is 59.4 Å². The molecule has 1 unspecified atom stereocenters. The number of amides is 2. The van der Waals surface area contributed by atoms with Gasteiger partial charge in [-0.05, 0) is 49.7 Å². The van der Waals surface area contributed by atoms with E-state index in [-0.39, 0.29) is 49.1 Å². The zero-order valence-electron chi connectivity index (χ0n) is 20.7. The molecule has 0 aliphatic carbocycles. The van der Waals surface area contributed by atoms with Gasteiger partial charge in [0, 0.05) is 33.0 Å². The van der Waals surface area contributed by atoms with Crippen molar-refractivity contribution in [3.8, 4) is 5.75 Å². The molecule has 0 saturated carbocycles. The van der Waals surface area contributed by atoms with Crippen molar-refractivity contribution >= 4 is 98.6 Å². The summed E-state index contributed by atoms with van der Waals surface area (Å²) in [5.74, 6) is -1.63. The van der Waals surface area contributed by atoms with Crippen molar-refractivity contribution in [1.82, 2.24) is 4.72 Å². The average molecular weight is 690 g/mol. The summed E-state index contributed by atoms with van der Waals surface area (Å²) in [7, 11) is 3.40. The number of aryl methyl sites for hydroxylation is 1. The Hall–Kier alpha value is -2.09. The second kappa shape index (κ2) is 15.2. The Bertz CT molecular complexity index is 1520. The van der Waals surface area contributed by atoms with Crippen LogP contribution in [0.25, 0.3) is 0 Å².